The average Bonchev–Trinajstić information content (AvgIpc) is 3.22. The quantitative estimate of drug-likeness (QED) is 0.249. The number of carbonyl (C=O) groups excluding carboxylic acids is 2. The van der Waals surface area contributed by atoms with Gasteiger partial charge in [0, 0.05) is 48.6 Å². The SMILES string of the molecule is CCOC(C(=O)NCc1ccc(C(=N)N)cc1NCc1ccccc1F)N1Cc2cccc(C)c2C1=O. The normalized spacial score (nSPS) is 13.3. The largest absolute Gasteiger partial charge is 0.384 e. The minimum absolute atomic E-state index is 0.108. The van der Waals surface area contributed by atoms with E-state index in [9.17, 15) is 14.0 Å². The molecule has 192 valence electrons. The van der Waals surface area contributed by atoms with Crippen LogP contribution < -0.4 is 16.4 Å². The number of anilines is 1. The first-order valence-electron chi connectivity index (χ1n) is 12.0. The summed E-state index contributed by atoms with van der Waals surface area (Å²) in [6, 6.07) is 17.2. The van der Waals surface area contributed by atoms with Gasteiger partial charge in [-0.05, 0) is 42.7 Å². The molecule has 9 heteroatoms. The first-order chi connectivity index (χ1) is 17.8. The second-order valence-electron chi connectivity index (χ2n) is 8.80. The first kappa shape index (κ1) is 25.8. The Hall–Kier alpha value is -4.24. The van der Waals surface area contributed by atoms with Gasteiger partial charge in [0.05, 0.1) is 0 Å². The minimum Gasteiger partial charge on any atom is -0.384 e. The molecule has 0 saturated heterocycles. The van der Waals surface area contributed by atoms with E-state index in [2.05, 4.69) is 10.6 Å². The van der Waals surface area contributed by atoms with E-state index in [-0.39, 0.29) is 43.8 Å². The molecule has 1 aliphatic rings. The van der Waals surface area contributed by atoms with Crippen molar-refractivity contribution in [1.82, 2.24) is 10.2 Å². The summed E-state index contributed by atoms with van der Waals surface area (Å²) < 4.78 is 19.8. The van der Waals surface area contributed by atoms with Crippen LogP contribution in [0.15, 0.2) is 60.7 Å². The Bertz CT molecular complexity index is 1340. The number of benzene rings is 3. The highest BCUT2D eigenvalue weighted by molar-refractivity contribution is 6.02. The van der Waals surface area contributed by atoms with Crippen molar-refractivity contribution < 1.29 is 18.7 Å². The number of nitrogens with zero attached hydrogens (tertiary/aromatic N) is 1. The standard InChI is InChI=1S/C28H30FN5O3/c1-3-37-28(34-16-21-9-6-7-17(2)24(21)27(34)36)26(35)33-15-20-12-11-18(25(30)31)13-23(20)32-14-19-8-4-5-10-22(19)29/h4-13,28,32H,3,14-16H2,1-2H3,(H3,30,31)(H,33,35). The van der Waals surface area contributed by atoms with E-state index in [0.717, 1.165) is 11.1 Å². The predicted octanol–water partition coefficient (Wildman–Crippen LogP) is 3.67. The zero-order valence-corrected chi connectivity index (χ0v) is 20.8. The van der Waals surface area contributed by atoms with Crippen LogP contribution in [0.1, 0.15) is 45.1 Å². The first-order valence-corrected chi connectivity index (χ1v) is 12.0. The number of nitrogen functional groups attached to an aromatic ring is 1. The van der Waals surface area contributed by atoms with Crippen LogP contribution in [-0.4, -0.2) is 35.4 Å². The summed E-state index contributed by atoms with van der Waals surface area (Å²) in [6.07, 6.45) is -1.09. The van der Waals surface area contributed by atoms with Crippen LogP contribution in [0.5, 0.6) is 0 Å². The molecule has 1 aliphatic heterocycles. The number of amidine groups is 1. The molecule has 0 radical (unpaired) electrons. The van der Waals surface area contributed by atoms with E-state index in [1.54, 1.807) is 43.3 Å². The number of ether oxygens (including phenoxy) is 1. The van der Waals surface area contributed by atoms with Gasteiger partial charge in [-0.1, -0.05) is 48.5 Å². The second kappa shape index (κ2) is 11.2. The fraction of sp³-hybridized carbons (Fsp3) is 0.250. The maximum Gasteiger partial charge on any atom is 0.270 e. The van der Waals surface area contributed by atoms with Gasteiger partial charge >= 0.3 is 0 Å². The summed E-state index contributed by atoms with van der Waals surface area (Å²) in [5.41, 5.74) is 10.3. The summed E-state index contributed by atoms with van der Waals surface area (Å²) in [7, 11) is 0. The molecule has 1 heterocycles. The minimum atomic E-state index is -1.09. The summed E-state index contributed by atoms with van der Waals surface area (Å²) >= 11 is 0. The molecule has 3 aromatic rings. The van der Waals surface area contributed by atoms with E-state index in [1.807, 2.05) is 25.1 Å². The van der Waals surface area contributed by atoms with Gasteiger partial charge in [0.2, 0.25) is 6.23 Å². The maximum atomic E-state index is 14.1. The van der Waals surface area contributed by atoms with Crippen molar-refractivity contribution in [3.8, 4) is 0 Å². The van der Waals surface area contributed by atoms with Crippen molar-refractivity contribution >= 4 is 23.3 Å². The van der Waals surface area contributed by atoms with Gasteiger partial charge in [-0.25, -0.2) is 4.39 Å². The lowest BCUT2D eigenvalue weighted by Crippen LogP contribution is -2.48. The van der Waals surface area contributed by atoms with E-state index in [1.165, 1.54) is 11.0 Å². The Balaban J connectivity index is 1.50. The molecule has 5 N–H and O–H groups in total. The fourth-order valence-electron chi connectivity index (χ4n) is 4.38. The molecule has 4 rings (SSSR count). The van der Waals surface area contributed by atoms with Crippen LogP contribution in [-0.2, 0) is 29.2 Å². The predicted molar refractivity (Wildman–Crippen MR) is 139 cm³/mol. The molecular formula is C28H30FN5O3. The summed E-state index contributed by atoms with van der Waals surface area (Å²) in [4.78, 5) is 27.8. The van der Waals surface area contributed by atoms with Crippen LogP contribution in [0.2, 0.25) is 0 Å². The third-order valence-corrected chi connectivity index (χ3v) is 6.31. The molecular weight excluding hydrogens is 473 g/mol. The molecule has 37 heavy (non-hydrogen) atoms. The third kappa shape index (κ3) is 5.62. The Morgan fingerprint density at radius 3 is 2.62 bits per heavy atom. The molecule has 0 saturated carbocycles. The van der Waals surface area contributed by atoms with Gasteiger partial charge < -0.3 is 26.0 Å². The highest BCUT2D eigenvalue weighted by Gasteiger charge is 2.37. The number of aryl methyl sites for hydroxylation is 1. The Kier molecular flexibility index (Phi) is 7.83. The molecule has 0 aromatic heterocycles. The Labute approximate surface area is 215 Å². The van der Waals surface area contributed by atoms with E-state index >= 15 is 0 Å². The number of hydrogen-bond donors (Lipinski definition) is 4. The fourth-order valence-corrected chi connectivity index (χ4v) is 4.38. The number of nitrogens with one attached hydrogen (secondary N) is 3. The van der Waals surface area contributed by atoms with Crippen LogP contribution in [0.4, 0.5) is 10.1 Å². The molecule has 0 spiro atoms. The number of hydrogen-bond acceptors (Lipinski definition) is 5. The number of fused-ring (bicyclic) bond motifs is 1. The molecule has 0 fully saturated rings. The van der Waals surface area contributed by atoms with Crippen LogP contribution in [0, 0.1) is 18.2 Å². The molecule has 0 aliphatic carbocycles. The van der Waals surface area contributed by atoms with Crippen molar-refractivity contribution in [2.24, 2.45) is 5.73 Å². The number of rotatable bonds is 10. The van der Waals surface area contributed by atoms with Crippen LogP contribution in [0.3, 0.4) is 0 Å². The van der Waals surface area contributed by atoms with Crippen molar-refractivity contribution in [2.75, 3.05) is 11.9 Å². The molecule has 3 aromatic carbocycles. The van der Waals surface area contributed by atoms with Gasteiger partial charge in [0.25, 0.3) is 11.8 Å². The smallest absolute Gasteiger partial charge is 0.270 e. The van der Waals surface area contributed by atoms with E-state index in [4.69, 9.17) is 15.9 Å². The molecule has 2 amide bonds. The van der Waals surface area contributed by atoms with Crippen molar-refractivity contribution in [2.45, 2.75) is 39.7 Å². The zero-order valence-electron chi connectivity index (χ0n) is 20.8. The maximum absolute atomic E-state index is 14.1. The van der Waals surface area contributed by atoms with Gasteiger partial charge in [-0.2, -0.15) is 0 Å². The lowest BCUT2D eigenvalue weighted by atomic mass is 10.0. The van der Waals surface area contributed by atoms with Crippen LogP contribution in [0.25, 0.3) is 0 Å². The molecule has 1 atom stereocenters. The summed E-state index contributed by atoms with van der Waals surface area (Å²) in [5.74, 6) is -1.13. The zero-order chi connectivity index (χ0) is 26.5. The van der Waals surface area contributed by atoms with Gasteiger partial charge in [-0.3, -0.25) is 15.0 Å². The second-order valence-corrected chi connectivity index (χ2v) is 8.80. The Morgan fingerprint density at radius 2 is 1.92 bits per heavy atom. The lowest BCUT2D eigenvalue weighted by Gasteiger charge is -2.26. The number of halogens is 1. The topological polar surface area (TPSA) is 121 Å². The molecule has 8 nitrogen and oxygen atoms in total. The van der Waals surface area contributed by atoms with E-state index in [0.29, 0.717) is 27.9 Å². The lowest BCUT2D eigenvalue weighted by molar-refractivity contribution is -0.143. The van der Waals surface area contributed by atoms with Crippen LogP contribution >= 0.6 is 0 Å². The third-order valence-electron chi connectivity index (χ3n) is 6.31. The van der Waals surface area contributed by atoms with Gasteiger partial charge in [0.1, 0.15) is 11.7 Å². The number of carbonyl (C=O) groups is 2. The van der Waals surface area contributed by atoms with Crippen molar-refractivity contribution in [1.29, 1.82) is 5.41 Å². The highest BCUT2D eigenvalue weighted by Crippen LogP contribution is 2.28. The number of amides is 2. The summed E-state index contributed by atoms with van der Waals surface area (Å²) in [6.45, 7) is 4.50. The highest BCUT2D eigenvalue weighted by atomic mass is 19.1. The average molecular weight is 504 g/mol. The van der Waals surface area contributed by atoms with Crippen molar-refractivity contribution in [3.63, 3.8) is 0 Å². The van der Waals surface area contributed by atoms with Gasteiger partial charge in [0.15, 0.2) is 0 Å². The molecule has 0 bridgehead atoms. The Morgan fingerprint density at radius 1 is 1.14 bits per heavy atom. The summed E-state index contributed by atoms with van der Waals surface area (Å²) in [5, 5.41) is 13.8. The molecule has 1 unspecified atom stereocenters. The van der Waals surface area contributed by atoms with Gasteiger partial charge in [-0.15, -0.1) is 0 Å². The number of nitrogens with two attached hydrogens (primary N) is 1. The van der Waals surface area contributed by atoms with Crippen molar-refractivity contribution in [3.05, 3.63) is 99.9 Å². The van der Waals surface area contributed by atoms with E-state index < -0.39 is 12.1 Å². The monoisotopic (exact) mass is 503 g/mol.